The molecule has 5 heteroatoms. The highest BCUT2D eigenvalue weighted by Gasteiger charge is 2.17. The summed E-state index contributed by atoms with van der Waals surface area (Å²) in [6.45, 7) is 0. The lowest BCUT2D eigenvalue weighted by molar-refractivity contribution is 0.624. The maximum Gasteiger partial charge on any atom is 0.123 e. The summed E-state index contributed by atoms with van der Waals surface area (Å²) >= 11 is 10.9. The van der Waals surface area contributed by atoms with E-state index in [4.69, 9.17) is 17.3 Å². The summed E-state index contributed by atoms with van der Waals surface area (Å²) in [4.78, 5) is 0.938. The van der Waals surface area contributed by atoms with Crippen LogP contribution in [0.4, 0.5) is 4.39 Å². The van der Waals surface area contributed by atoms with Gasteiger partial charge in [-0.15, -0.1) is 11.3 Å². The van der Waals surface area contributed by atoms with Crippen LogP contribution in [0.1, 0.15) is 16.5 Å². The molecule has 1 heterocycles. The van der Waals surface area contributed by atoms with Gasteiger partial charge in [0.15, 0.2) is 0 Å². The number of benzene rings is 1. The van der Waals surface area contributed by atoms with Crippen LogP contribution >= 0.6 is 38.9 Å². The minimum atomic E-state index is -0.405. The lowest BCUT2D eigenvalue weighted by Crippen LogP contribution is -2.11. The third-order valence-electron chi connectivity index (χ3n) is 2.22. The summed E-state index contributed by atoms with van der Waals surface area (Å²) in [6.07, 6.45) is 0. The van der Waals surface area contributed by atoms with Crippen LogP contribution in [0, 0.1) is 5.82 Å². The topological polar surface area (TPSA) is 26.0 Å². The molecule has 0 bridgehead atoms. The van der Waals surface area contributed by atoms with E-state index in [0.29, 0.717) is 10.6 Å². The van der Waals surface area contributed by atoms with E-state index in [-0.39, 0.29) is 5.82 Å². The van der Waals surface area contributed by atoms with E-state index in [1.54, 1.807) is 0 Å². The van der Waals surface area contributed by atoms with Crippen LogP contribution < -0.4 is 5.73 Å². The van der Waals surface area contributed by atoms with E-state index in [2.05, 4.69) is 15.9 Å². The smallest absolute Gasteiger partial charge is 0.123 e. The molecule has 1 nitrogen and oxygen atoms in total. The number of hydrogen-bond acceptors (Lipinski definition) is 2. The van der Waals surface area contributed by atoms with Crippen LogP contribution in [0.25, 0.3) is 0 Å². The Balaban J connectivity index is 2.45. The van der Waals surface area contributed by atoms with Crippen molar-refractivity contribution in [3.05, 3.63) is 55.4 Å². The molecule has 2 rings (SSSR count). The Morgan fingerprint density at radius 2 is 2.12 bits per heavy atom. The minimum Gasteiger partial charge on any atom is -0.320 e. The SMILES string of the molecule is NC(c1cc(F)ccc1Cl)c1sccc1Br. The summed E-state index contributed by atoms with van der Waals surface area (Å²) in [5.41, 5.74) is 6.66. The molecule has 2 N–H and O–H groups in total. The molecule has 84 valence electrons. The second kappa shape index (κ2) is 4.84. The first-order valence-electron chi connectivity index (χ1n) is 4.53. The van der Waals surface area contributed by atoms with Gasteiger partial charge >= 0.3 is 0 Å². The van der Waals surface area contributed by atoms with Gasteiger partial charge in [0, 0.05) is 14.4 Å². The van der Waals surface area contributed by atoms with E-state index in [1.165, 1.54) is 29.5 Å². The van der Waals surface area contributed by atoms with Gasteiger partial charge in [-0.2, -0.15) is 0 Å². The zero-order chi connectivity index (χ0) is 11.7. The third kappa shape index (κ3) is 2.30. The fraction of sp³-hybridized carbons (Fsp3) is 0.0909. The van der Waals surface area contributed by atoms with Gasteiger partial charge in [-0.25, -0.2) is 4.39 Å². The predicted molar refractivity (Wildman–Crippen MR) is 69.5 cm³/mol. The van der Waals surface area contributed by atoms with Crippen molar-refractivity contribution in [2.45, 2.75) is 6.04 Å². The molecule has 1 atom stereocenters. The summed E-state index contributed by atoms with van der Waals surface area (Å²) < 4.78 is 14.0. The van der Waals surface area contributed by atoms with Crippen LogP contribution in [-0.4, -0.2) is 0 Å². The zero-order valence-electron chi connectivity index (χ0n) is 8.08. The van der Waals surface area contributed by atoms with E-state index in [9.17, 15) is 4.39 Å². The van der Waals surface area contributed by atoms with Gasteiger partial charge in [0.1, 0.15) is 5.82 Å². The molecule has 1 aromatic heterocycles. The summed E-state index contributed by atoms with van der Waals surface area (Å²) in [7, 11) is 0. The number of halogens is 3. The molecule has 0 aliphatic heterocycles. The van der Waals surface area contributed by atoms with Crippen LogP contribution in [0.5, 0.6) is 0 Å². The molecular formula is C11H8BrClFNS. The maximum absolute atomic E-state index is 13.1. The highest BCUT2D eigenvalue weighted by Crippen LogP contribution is 2.34. The van der Waals surface area contributed by atoms with Gasteiger partial charge in [0.2, 0.25) is 0 Å². The molecule has 0 amide bonds. The lowest BCUT2D eigenvalue weighted by Gasteiger charge is -2.12. The molecule has 0 aliphatic rings. The molecule has 1 aromatic carbocycles. The van der Waals surface area contributed by atoms with Gasteiger partial charge in [-0.1, -0.05) is 11.6 Å². The van der Waals surface area contributed by atoms with E-state index >= 15 is 0 Å². The monoisotopic (exact) mass is 319 g/mol. The van der Waals surface area contributed by atoms with Crippen molar-refractivity contribution in [1.82, 2.24) is 0 Å². The molecule has 0 saturated heterocycles. The summed E-state index contributed by atoms with van der Waals surface area (Å²) in [5.74, 6) is -0.331. The van der Waals surface area contributed by atoms with E-state index in [1.807, 2.05) is 11.4 Å². The number of thiophene rings is 1. The average Bonchev–Trinajstić information content (AvgIpc) is 2.67. The summed E-state index contributed by atoms with van der Waals surface area (Å²) in [5, 5.41) is 2.40. The molecule has 0 fully saturated rings. The Kier molecular flexibility index (Phi) is 3.64. The second-order valence-electron chi connectivity index (χ2n) is 3.28. The van der Waals surface area contributed by atoms with Crippen molar-refractivity contribution in [3.63, 3.8) is 0 Å². The zero-order valence-corrected chi connectivity index (χ0v) is 11.2. The molecule has 0 radical (unpaired) electrons. The molecular weight excluding hydrogens is 313 g/mol. The van der Waals surface area contributed by atoms with Gasteiger partial charge in [-0.05, 0) is 51.1 Å². The Morgan fingerprint density at radius 3 is 2.75 bits per heavy atom. The van der Waals surface area contributed by atoms with Crippen LogP contribution in [0.3, 0.4) is 0 Å². The third-order valence-corrected chi connectivity index (χ3v) is 4.52. The van der Waals surface area contributed by atoms with Crippen molar-refractivity contribution >= 4 is 38.9 Å². The highest BCUT2D eigenvalue weighted by molar-refractivity contribution is 9.10. The standard InChI is InChI=1S/C11H8BrClFNS/c12-8-3-4-16-11(8)10(15)7-5-6(14)1-2-9(7)13/h1-5,10H,15H2. The first-order chi connectivity index (χ1) is 7.59. The first-order valence-corrected chi connectivity index (χ1v) is 6.58. The fourth-order valence-electron chi connectivity index (χ4n) is 1.42. The lowest BCUT2D eigenvalue weighted by atomic mass is 10.1. The number of rotatable bonds is 2. The van der Waals surface area contributed by atoms with Gasteiger partial charge < -0.3 is 5.73 Å². The highest BCUT2D eigenvalue weighted by atomic mass is 79.9. The van der Waals surface area contributed by atoms with E-state index in [0.717, 1.165) is 9.35 Å². The molecule has 2 aromatic rings. The van der Waals surface area contributed by atoms with Gasteiger partial charge in [0.25, 0.3) is 0 Å². The van der Waals surface area contributed by atoms with Crippen molar-refractivity contribution in [2.24, 2.45) is 5.73 Å². The molecule has 0 saturated carbocycles. The Morgan fingerprint density at radius 1 is 1.38 bits per heavy atom. The van der Waals surface area contributed by atoms with Crippen molar-refractivity contribution in [2.75, 3.05) is 0 Å². The van der Waals surface area contributed by atoms with Gasteiger partial charge in [-0.3, -0.25) is 0 Å². The molecule has 16 heavy (non-hydrogen) atoms. The van der Waals surface area contributed by atoms with Crippen molar-refractivity contribution in [1.29, 1.82) is 0 Å². The normalized spacial score (nSPS) is 12.8. The Bertz CT molecular complexity index is 514. The molecule has 1 unspecified atom stereocenters. The van der Waals surface area contributed by atoms with Crippen LogP contribution in [0.15, 0.2) is 34.1 Å². The number of hydrogen-bond donors (Lipinski definition) is 1. The molecule has 0 aliphatic carbocycles. The quantitative estimate of drug-likeness (QED) is 0.874. The van der Waals surface area contributed by atoms with Crippen molar-refractivity contribution in [3.8, 4) is 0 Å². The minimum absolute atomic E-state index is 0.331. The average molecular weight is 321 g/mol. The Hall–Kier alpha value is -0.420. The van der Waals surface area contributed by atoms with Crippen LogP contribution in [-0.2, 0) is 0 Å². The second-order valence-corrected chi connectivity index (χ2v) is 5.49. The Labute approximate surface area is 110 Å². The van der Waals surface area contributed by atoms with Gasteiger partial charge in [0.05, 0.1) is 6.04 Å². The predicted octanol–water partition coefficient (Wildman–Crippen LogP) is 4.35. The first kappa shape index (κ1) is 12.0. The fourth-order valence-corrected chi connectivity index (χ4v) is 3.30. The number of nitrogens with two attached hydrogens (primary N) is 1. The maximum atomic E-state index is 13.1. The van der Waals surface area contributed by atoms with Crippen molar-refractivity contribution < 1.29 is 4.39 Å². The largest absolute Gasteiger partial charge is 0.320 e. The van der Waals surface area contributed by atoms with E-state index < -0.39 is 6.04 Å². The molecule has 0 spiro atoms. The summed E-state index contributed by atoms with van der Waals surface area (Å²) in [6, 6.07) is 5.72. The van der Waals surface area contributed by atoms with Crippen LogP contribution in [0.2, 0.25) is 5.02 Å².